The zero-order chi connectivity index (χ0) is 26.5. The molecule has 2 aromatic heterocycles. The molecule has 1 aliphatic heterocycles. The van der Waals surface area contributed by atoms with E-state index in [1.165, 1.54) is 17.4 Å². The minimum atomic E-state index is -3.13. The van der Waals surface area contributed by atoms with E-state index in [4.69, 9.17) is 5.10 Å². The molecule has 1 amide bonds. The number of thiazole rings is 1. The van der Waals surface area contributed by atoms with Gasteiger partial charge in [0.25, 0.3) is 0 Å². The number of hydrogen-bond donors (Lipinski definition) is 1. The Labute approximate surface area is 215 Å². The highest BCUT2D eigenvalue weighted by Crippen LogP contribution is 2.38. The van der Waals surface area contributed by atoms with Gasteiger partial charge in [0.05, 0.1) is 22.7 Å². The summed E-state index contributed by atoms with van der Waals surface area (Å²) >= 11 is 1.43. The molecule has 198 valence electrons. The van der Waals surface area contributed by atoms with Gasteiger partial charge >= 0.3 is 6.61 Å². The van der Waals surface area contributed by atoms with Crippen LogP contribution in [0.5, 0.6) is 5.75 Å². The molecule has 1 aliphatic carbocycles. The zero-order valence-electron chi connectivity index (χ0n) is 20.1. The van der Waals surface area contributed by atoms with Crippen molar-refractivity contribution < 1.29 is 31.1 Å². The molecule has 5 rings (SSSR count). The SMILES string of the molecule is CC(c1nccs1)n1nc(-c2cc(OC(F)F)ccc2F)c2c1CC(C(=O)NC1(C)CS(=O)(=O)C1)CC2. The van der Waals surface area contributed by atoms with Crippen LogP contribution in [0.25, 0.3) is 11.3 Å². The molecule has 1 aromatic carbocycles. The second-order valence-electron chi connectivity index (χ2n) is 9.81. The summed E-state index contributed by atoms with van der Waals surface area (Å²) in [5.74, 6) is -1.67. The number of rotatable bonds is 7. The van der Waals surface area contributed by atoms with Crippen molar-refractivity contribution in [3.05, 3.63) is 51.9 Å². The normalized spacial score (nSPS) is 20.6. The molecular weight excluding hydrogens is 529 g/mol. The summed E-state index contributed by atoms with van der Waals surface area (Å²) in [5.41, 5.74) is 1.03. The first-order chi connectivity index (χ1) is 17.4. The molecule has 2 unspecified atom stereocenters. The fourth-order valence-corrected chi connectivity index (χ4v) is 7.89. The number of amides is 1. The quantitative estimate of drug-likeness (QED) is 0.477. The van der Waals surface area contributed by atoms with Gasteiger partial charge in [-0.1, -0.05) is 0 Å². The fraction of sp³-hybridized carbons (Fsp3) is 0.458. The lowest BCUT2D eigenvalue weighted by atomic mass is 9.84. The number of carbonyl (C=O) groups excluding carboxylic acids is 1. The van der Waals surface area contributed by atoms with E-state index in [0.717, 1.165) is 28.4 Å². The van der Waals surface area contributed by atoms with E-state index in [0.29, 0.717) is 25.0 Å². The fourth-order valence-electron chi connectivity index (χ4n) is 5.20. The first-order valence-electron chi connectivity index (χ1n) is 11.7. The largest absolute Gasteiger partial charge is 0.435 e. The number of nitrogens with zero attached hydrogens (tertiary/aromatic N) is 3. The minimum Gasteiger partial charge on any atom is -0.435 e. The predicted molar refractivity (Wildman–Crippen MR) is 131 cm³/mol. The van der Waals surface area contributed by atoms with E-state index < -0.39 is 33.7 Å². The maximum Gasteiger partial charge on any atom is 0.387 e. The molecule has 0 spiro atoms. The number of halogens is 3. The summed E-state index contributed by atoms with van der Waals surface area (Å²) in [7, 11) is -3.13. The number of aromatic nitrogens is 3. The molecule has 1 N–H and O–H groups in total. The van der Waals surface area contributed by atoms with Crippen molar-refractivity contribution in [2.24, 2.45) is 5.92 Å². The van der Waals surface area contributed by atoms with E-state index >= 15 is 0 Å². The van der Waals surface area contributed by atoms with E-state index in [1.54, 1.807) is 17.8 Å². The lowest BCUT2D eigenvalue weighted by Crippen LogP contribution is -2.64. The Hall–Kier alpha value is -2.93. The Morgan fingerprint density at radius 1 is 1.32 bits per heavy atom. The van der Waals surface area contributed by atoms with E-state index in [2.05, 4.69) is 15.0 Å². The summed E-state index contributed by atoms with van der Waals surface area (Å²) in [6, 6.07) is 3.09. The molecule has 37 heavy (non-hydrogen) atoms. The summed E-state index contributed by atoms with van der Waals surface area (Å²) in [6.45, 7) is 0.554. The van der Waals surface area contributed by atoms with Gasteiger partial charge in [0.1, 0.15) is 22.6 Å². The summed E-state index contributed by atoms with van der Waals surface area (Å²) in [5, 5.41) is 10.2. The van der Waals surface area contributed by atoms with E-state index in [-0.39, 0.29) is 34.8 Å². The van der Waals surface area contributed by atoms with Gasteiger partial charge in [-0.05, 0) is 44.9 Å². The van der Waals surface area contributed by atoms with Gasteiger partial charge in [-0.15, -0.1) is 11.3 Å². The van der Waals surface area contributed by atoms with E-state index in [1.807, 2.05) is 12.3 Å². The van der Waals surface area contributed by atoms with Crippen molar-refractivity contribution in [2.75, 3.05) is 11.5 Å². The van der Waals surface area contributed by atoms with Crippen LogP contribution < -0.4 is 10.1 Å². The van der Waals surface area contributed by atoms with Crippen molar-refractivity contribution in [2.45, 2.75) is 51.3 Å². The molecule has 0 bridgehead atoms. The van der Waals surface area contributed by atoms with Gasteiger partial charge in [0, 0.05) is 40.7 Å². The highest BCUT2D eigenvalue weighted by molar-refractivity contribution is 7.93. The number of hydrogen-bond acceptors (Lipinski definition) is 7. The third-order valence-electron chi connectivity index (χ3n) is 6.77. The van der Waals surface area contributed by atoms with Crippen LogP contribution >= 0.6 is 11.3 Å². The molecule has 0 radical (unpaired) electrons. The van der Waals surface area contributed by atoms with Gasteiger partial charge in [0.15, 0.2) is 9.84 Å². The van der Waals surface area contributed by atoms with Crippen molar-refractivity contribution in [3.8, 4) is 17.0 Å². The van der Waals surface area contributed by atoms with Crippen LogP contribution in [0.2, 0.25) is 0 Å². The lowest BCUT2D eigenvalue weighted by molar-refractivity contribution is -0.126. The van der Waals surface area contributed by atoms with Crippen molar-refractivity contribution in [1.29, 1.82) is 0 Å². The first-order valence-corrected chi connectivity index (χ1v) is 14.4. The average Bonchev–Trinajstić information content (AvgIpc) is 3.46. The molecule has 2 aliphatic rings. The third kappa shape index (κ3) is 5.11. The predicted octanol–water partition coefficient (Wildman–Crippen LogP) is 3.76. The maximum absolute atomic E-state index is 14.9. The standard InChI is InChI=1S/C24H25F3N4O4S2/c1-13(22-28-7-8-36-22)31-19-9-14(21(32)29-24(2)11-37(33,34)12-24)3-5-16(19)20(30-31)17-10-15(35-23(26)27)4-6-18(17)25/h4,6-8,10,13-14,23H,3,5,9,11-12H2,1-2H3,(H,29,32). The van der Waals surface area contributed by atoms with Gasteiger partial charge in [-0.25, -0.2) is 17.8 Å². The Morgan fingerprint density at radius 3 is 2.73 bits per heavy atom. The zero-order valence-corrected chi connectivity index (χ0v) is 21.7. The Kier molecular flexibility index (Phi) is 6.55. The second-order valence-corrected chi connectivity index (χ2v) is 12.8. The van der Waals surface area contributed by atoms with Crippen LogP contribution in [0.4, 0.5) is 13.2 Å². The molecule has 3 aromatic rings. The monoisotopic (exact) mass is 554 g/mol. The van der Waals surface area contributed by atoms with E-state index in [9.17, 15) is 26.4 Å². The number of fused-ring (bicyclic) bond motifs is 1. The molecule has 0 saturated carbocycles. The number of sulfone groups is 1. The number of nitrogens with one attached hydrogen (secondary N) is 1. The molecule has 1 fully saturated rings. The van der Waals surface area contributed by atoms with Gasteiger partial charge in [0.2, 0.25) is 5.91 Å². The number of carbonyl (C=O) groups is 1. The van der Waals surface area contributed by atoms with Crippen LogP contribution in [0, 0.1) is 11.7 Å². The first kappa shape index (κ1) is 25.7. The summed E-state index contributed by atoms with van der Waals surface area (Å²) in [6.07, 6.45) is 2.83. The molecular formula is C24H25F3N4O4S2. The second kappa shape index (κ2) is 9.43. The molecule has 1 saturated heterocycles. The number of benzene rings is 1. The summed E-state index contributed by atoms with van der Waals surface area (Å²) in [4.78, 5) is 17.5. The van der Waals surface area contributed by atoms with Gasteiger partial charge in [-0.2, -0.15) is 13.9 Å². The average molecular weight is 555 g/mol. The highest BCUT2D eigenvalue weighted by Gasteiger charge is 2.46. The molecule has 8 nitrogen and oxygen atoms in total. The topological polar surface area (TPSA) is 103 Å². The Balaban J connectivity index is 1.50. The number of ether oxygens (including phenoxy) is 1. The Morgan fingerprint density at radius 2 is 2.08 bits per heavy atom. The summed E-state index contributed by atoms with van der Waals surface area (Å²) < 4.78 is 70.0. The van der Waals surface area contributed by atoms with Crippen LogP contribution in [-0.2, 0) is 27.5 Å². The highest BCUT2D eigenvalue weighted by atomic mass is 32.2. The number of alkyl halides is 2. The minimum absolute atomic E-state index is 0.0366. The van der Waals surface area contributed by atoms with Crippen LogP contribution in [-0.4, -0.2) is 52.7 Å². The smallest absolute Gasteiger partial charge is 0.387 e. The van der Waals surface area contributed by atoms with Crippen molar-refractivity contribution in [3.63, 3.8) is 0 Å². The van der Waals surface area contributed by atoms with Crippen LogP contribution in [0.15, 0.2) is 29.8 Å². The van der Waals surface area contributed by atoms with Gasteiger partial charge < -0.3 is 10.1 Å². The molecule has 13 heteroatoms. The third-order valence-corrected chi connectivity index (χ3v) is 9.87. The lowest BCUT2D eigenvalue weighted by Gasteiger charge is -2.39. The van der Waals surface area contributed by atoms with Crippen molar-refractivity contribution >= 4 is 27.1 Å². The van der Waals surface area contributed by atoms with Crippen LogP contribution in [0.3, 0.4) is 0 Å². The molecule has 3 heterocycles. The van der Waals surface area contributed by atoms with Gasteiger partial charge in [-0.3, -0.25) is 9.48 Å². The Bertz CT molecular complexity index is 1430. The van der Waals surface area contributed by atoms with Crippen LogP contribution in [0.1, 0.15) is 42.6 Å². The maximum atomic E-state index is 14.9. The molecule has 2 atom stereocenters. The van der Waals surface area contributed by atoms with Crippen molar-refractivity contribution in [1.82, 2.24) is 20.1 Å².